The molecule has 0 N–H and O–H groups in total. The summed E-state index contributed by atoms with van der Waals surface area (Å²) in [6.07, 6.45) is 3.88. The van der Waals surface area contributed by atoms with Crippen molar-refractivity contribution in [3.63, 3.8) is 0 Å². The van der Waals surface area contributed by atoms with Crippen molar-refractivity contribution in [2.24, 2.45) is 5.92 Å². The van der Waals surface area contributed by atoms with E-state index in [0.29, 0.717) is 12.1 Å². The number of ether oxygens (including phenoxy) is 1. The molecule has 2 aliphatic rings. The second-order valence-corrected chi connectivity index (χ2v) is 5.39. The maximum absolute atomic E-state index is 11.6. The van der Waals surface area contributed by atoms with Crippen molar-refractivity contribution >= 4 is 11.8 Å². The molecule has 1 aliphatic carbocycles. The van der Waals surface area contributed by atoms with Crippen LogP contribution in [0.1, 0.15) is 29.7 Å². The highest BCUT2D eigenvalue weighted by Gasteiger charge is 2.31. The molecule has 1 aliphatic heterocycles. The Labute approximate surface area is 118 Å². The summed E-state index contributed by atoms with van der Waals surface area (Å²) in [5.41, 5.74) is 2.94. The van der Waals surface area contributed by atoms with Crippen LogP contribution in [0.3, 0.4) is 0 Å². The Morgan fingerprint density at radius 3 is 3.15 bits per heavy atom. The van der Waals surface area contributed by atoms with Crippen LogP contribution in [0.25, 0.3) is 0 Å². The Hall–Kier alpha value is -2.09. The molecule has 3 rings (SSSR count). The molecule has 1 saturated heterocycles. The number of esters is 1. The van der Waals surface area contributed by atoms with E-state index >= 15 is 0 Å². The lowest BCUT2D eigenvalue weighted by atomic mass is 10.1. The van der Waals surface area contributed by atoms with Crippen LogP contribution in [-0.4, -0.2) is 31.2 Å². The van der Waals surface area contributed by atoms with Crippen molar-refractivity contribution in [1.29, 1.82) is 5.26 Å². The van der Waals surface area contributed by atoms with Crippen LogP contribution in [0, 0.1) is 17.2 Å². The summed E-state index contributed by atoms with van der Waals surface area (Å²) in [6, 6.07) is 4.21. The van der Waals surface area contributed by atoms with Crippen molar-refractivity contribution in [2.45, 2.75) is 25.7 Å². The van der Waals surface area contributed by atoms with Crippen LogP contribution in [0.15, 0.2) is 6.07 Å². The van der Waals surface area contributed by atoms with Crippen molar-refractivity contribution < 1.29 is 9.53 Å². The smallest absolute Gasteiger partial charge is 0.310 e. The van der Waals surface area contributed by atoms with Gasteiger partial charge in [0.15, 0.2) is 0 Å². The third-order valence-electron chi connectivity index (χ3n) is 4.17. The van der Waals surface area contributed by atoms with Crippen LogP contribution >= 0.6 is 0 Å². The predicted molar refractivity (Wildman–Crippen MR) is 73.3 cm³/mol. The number of pyridine rings is 1. The molecule has 5 nitrogen and oxygen atoms in total. The molecular weight excluding hydrogens is 254 g/mol. The SMILES string of the molecule is COC(=O)C1CCN(c2nc3c(cc2C#N)CCC3)C1. The number of nitriles is 1. The molecule has 20 heavy (non-hydrogen) atoms. The highest BCUT2D eigenvalue weighted by molar-refractivity contribution is 5.74. The van der Waals surface area contributed by atoms with Gasteiger partial charge < -0.3 is 9.64 Å². The number of aromatic nitrogens is 1. The standard InChI is InChI=1S/C15H17N3O2/c1-20-15(19)11-5-6-18(9-11)14-12(8-16)7-10-3-2-4-13(10)17-14/h7,11H,2-6,9H2,1H3. The molecule has 1 atom stereocenters. The maximum Gasteiger partial charge on any atom is 0.310 e. The number of rotatable bonds is 2. The van der Waals surface area contributed by atoms with Gasteiger partial charge in [-0.15, -0.1) is 0 Å². The van der Waals surface area contributed by atoms with Crippen molar-refractivity contribution in [2.75, 3.05) is 25.1 Å². The molecule has 5 heteroatoms. The molecular formula is C15H17N3O2. The fourth-order valence-corrected chi connectivity index (χ4v) is 3.10. The third kappa shape index (κ3) is 2.11. The number of carbonyl (C=O) groups excluding carboxylic acids is 1. The Balaban J connectivity index is 1.88. The zero-order valence-corrected chi connectivity index (χ0v) is 11.6. The quantitative estimate of drug-likeness (QED) is 0.761. The van der Waals surface area contributed by atoms with Crippen LogP contribution in [0.2, 0.25) is 0 Å². The van der Waals surface area contributed by atoms with E-state index in [2.05, 4.69) is 11.1 Å². The number of methoxy groups -OCH3 is 1. The van der Waals surface area contributed by atoms with Crippen molar-refractivity contribution in [1.82, 2.24) is 4.98 Å². The molecule has 0 aromatic carbocycles. The van der Waals surface area contributed by atoms with E-state index in [0.717, 1.165) is 43.7 Å². The van der Waals surface area contributed by atoms with Crippen LogP contribution in [0.4, 0.5) is 5.82 Å². The first-order valence-electron chi connectivity index (χ1n) is 6.98. The lowest BCUT2D eigenvalue weighted by molar-refractivity contribution is -0.144. The van der Waals surface area contributed by atoms with E-state index in [1.54, 1.807) is 0 Å². The van der Waals surface area contributed by atoms with Gasteiger partial charge >= 0.3 is 5.97 Å². The minimum Gasteiger partial charge on any atom is -0.469 e. The number of aryl methyl sites for hydroxylation is 2. The molecule has 1 aromatic rings. The van der Waals surface area contributed by atoms with E-state index in [9.17, 15) is 10.1 Å². The van der Waals surface area contributed by atoms with Crippen LogP contribution < -0.4 is 4.90 Å². The minimum absolute atomic E-state index is 0.110. The van der Waals surface area contributed by atoms with Gasteiger partial charge in [-0.1, -0.05) is 0 Å². The van der Waals surface area contributed by atoms with Gasteiger partial charge in [0.25, 0.3) is 0 Å². The molecule has 1 fully saturated rings. The monoisotopic (exact) mass is 271 g/mol. The molecule has 0 amide bonds. The van der Waals surface area contributed by atoms with Gasteiger partial charge in [0, 0.05) is 18.8 Å². The summed E-state index contributed by atoms with van der Waals surface area (Å²) in [4.78, 5) is 18.3. The molecule has 1 aromatic heterocycles. The summed E-state index contributed by atoms with van der Waals surface area (Å²) in [5.74, 6) is 0.452. The Morgan fingerprint density at radius 2 is 2.40 bits per heavy atom. The Morgan fingerprint density at radius 1 is 1.55 bits per heavy atom. The first-order valence-corrected chi connectivity index (χ1v) is 6.98. The molecule has 1 unspecified atom stereocenters. The summed E-state index contributed by atoms with van der Waals surface area (Å²) in [5, 5.41) is 9.32. The number of nitrogens with zero attached hydrogens (tertiary/aromatic N) is 3. The van der Waals surface area contributed by atoms with Gasteiger partial charge in [0.1, 0.15) is 11.9 Å². The van der Waals surface area contributed by atoms with Crippen LogP contribution in [-0.2, 0) is 22.4 Å². The zero-order chi connectivity index (χ0) is 14.1. The summed E-state index contributed by atoms with van der Waals surface area (Å²) in [7, 11) is 1.42. The topological polar surface area (TPSA) is 66.2 Å². The lowest BCUT2D eigenvalue weighted by Gasteiger charge is -2.19. The third-order valence-corrected chi connectivity index (χ3v) is 4.17. The summed E-state index contributed by atoms with van der Waals surface area (Å²) < 4.78 is 4.80. The molecule has 0 spiro atoms. The van der Waals surface area contributed by atoms with Crippen molar-refractivity contribution in [3.05, 3.63) is 22.9 Å². The number of hydrogen-bond donors (Lipinski definition) is 0. The second-order valence-electron chi connectivity index (χ2n) is 5.39. The summed E-state index contributed by atoms with van der Waals surface area (Å²) >= 11 is 0. The number of anilines is 1. The van der Waals surface area contributed by atoms with Gasteiger partial charge in [-0.05, 0) is 37.3 Å². The molecule has 2 heterocycles. The fraction of sp³-hybridized carbons (Fsp3) is 0.533. The second kappa shape index (κ2) is 5.12. The first kappa shape index (κ1) is 12.9. The molecule has 104 valence electrons. The fourth-order valence-electron chi connectivity index (χ4n) is 3.10. The van der Waals surface area contributed by atoms with Gasteiger partial charge in [0.2, 0.25) is 0 Å². The average Bonchev–Trinajstić information content (AvgIpc) is 3.13. The normalized spacial score (nSPS) is 20.6. The van der Waals surface area contributed by atoms with E-state index in [4.69, 9.17) is 4.74 Å². The van der Waals surface area contributed by atoms with Gasteiger partial charge in [-0.3, -0.25) is 4.79 Å². The van der Waals surface area contributed by atoms with Crippen molar-refractivity contribution in [3.8, 4) is 6.07 Å². The number of carbonyl (C=O) groups is 1. The minimum atomic E-state index is -0.174. The maximum atomic E-state index is 11.6. The zero-order valence-electron chi connectivity index (χ0n) is 11.6. The molecule has 0 saturated carbocycles. The highest BCUT2D eigenvalue weighted by atomic mass is 16.5. The number of hydrogen-bond acceptors (Lipinski definition) is 5. The first-order chi connectivity index (χ1) is 9.72. The van der Waals surface area contributed by atoms with E-state index in [-0.39, 0.29) is 11.9 Å². The van der Waals surface area contributed by atoms with Gasteiger partial charge in [0.05, 0.1) is 18.6 Å². The highest BCUT2D eigenvalue weighted by Crippen LogP contribution is 2.30. The lowest BCUT2D eigenvalue weighted by Crippen LogP contribution is -2.25. The van der Waals surface area contributed by atoms with E-state index in [1.165, 1.54) is 12.7 Å². The predicted octanol–water partition coefficient (Wildman–Crippen LogP) is 1.44. The van der Waals surface area contributed by atoms with E-state index in [1.807, 2.05) is 11.0 Å². The van der Waals surface area contributed by atoms with Gasteiger partial charge in [-0.2, -0.15) is 5.26 Å². The average molecular weight is 271 g/mol. The van der Waals surface area contributed by atoms with E-state index < -0.39 is 0 Å². The molecule has 0 bridgehead atoms. The van der Waals surface area contributed by atoms with Gasteiger partial charge in [-0.25, -0.2) is 4.98 Å². The largest absolute Gasteiger partial charge is 0.469 e. The van der Waals surface area contributed by atoms with Crippen LogP contribution in [0.5, 0.6) is 0 Å². The molecule has 0 radical (unpaired) electrons. The summed E-state index contributed by atoms with van der Waals surface area (Å²) in [6.45, 7) is 1.34. The Kier molecular flexibility index (Phi) is 3.31. The number of fused-ring (bicyclic) bond motifs is 1. The Bertz CT molecular complexity index is 592.